The molecule has 12 nitrogen and oxygen atoms in total. The maximum Gasteiger partial charge on any atom is 0.269 e. The first-order valence-corrected chi connectivity index (χ1v) is 15.6. The van der Waals surface area contributed by atoms with Crippen molar-refractivity contribution in [3.63, 3.8) is 0 Å². The predicted octanol–water partition coefficient (Wildman–Crippen LogP) is 6.11. The van der Waals surface area contributed by atoms with Crippen molar-refractivity contribution in [3.8, 4) is 11.5 Å². The average molecular weight is 632 g/mol. The Labute approximate surface area is 274 Å². The first-order valence-electron chi connectivity index (χ1n) is 15.6. The van der Waals surface area contributed by atoms with Gasteiger partial charge in [0.2, 0.25) is 0 Å². The molecule has 46 heavy (non-hydrogen) atoms. The van der Waals surface area contributed by atoms with Gasteiger partial charge >= 0.3 is 0 Å². The Kier molecular flexibility index (Phi) is 10.6. The van der Waals surface area contributed by atoms with E-state index in [9.17, 15) is 4.79 Å². The van der Waals surface area contributed by atoms with Gasteiger partial charge in [0.25, 0.3) is 5.91 Å². The van der Waals surface area contributed by atoms with Gasteiger partial charge < -0.3 is 9.88 Å². The Balaban J connectivity index is 0.000000188. The summed E-state index contributed by atoms with van der Waals surface area (Å²) < 4.78 is 7.43. The summed E-state index contributed by atoms with van der Waals surface area (Å²) in [6.07, 6.45) is 3.75. The molecule has 1 aliphatic heterocycles. The van der Waals surface area contributed by atoms with Gasteiger partial charge in [-0.3, -0.25) is 18.8 Å². The minimum Gasteiger partial charge on any atom is -0.354 e. The Bertz CT molecular complexity index is 1720. The standard InChI is InChI=1S/2C12H18N4.C10H17N3O/c1-8-9(7-13-14-8)10-6-11(12(2,3)4)15-16(10)5;1-12(2,3)10-8-9(16(5)14-10)11-13-6-7-15(11)4;1-10(2,3)8-6-7(9(14)11-4)13(5)12-8/h6H,7H2,1-5H3;6-8H,1-5H3;6H,1-5H3,(H,11,14). The van der Waals surface area contributed by atoms with E-state index < -0.39 is 0 Å². The number of carbonyl (C=O) groups is 1. The van der Waals surface area contributed by atoms with Crippen molar-refractivity contribution in [3.05, 3.63) is 64.8 Å². The molecule has 5 rings (SSSR count). The smallest absolute Gasteiger partial charge is 0.269 e. The highest BCUT2D eigenvalue weighted by molar-refractivity contribution is 5.92. The zero-order valence-electron chi connectivity index (χ0n) is 30.5. The zero-order valence-corrected chi connectivity index (χ0v) is 30.5. The molecule has 1 N–H and O–H groups in total. The molecule has 4 aromatic rings. The van der Waals surface area contributed by atoms with Crippen LogP contribution >= 0.6 is 0 Å². The average Bonchev–Trinajstić information content (AvgIpc) is 3.76. The van der Waals surface area contributed by atoms with Crippen LogP contribution in [0.3, 0.4) is 0 Å². The van der Waals surface area contributed by atoms with Gasteiger partial charge in [0.15, 0.2) is 5.82 Å². The van der Waals surface area contributed by atoms with Crippen molar-refractivity contribution in [2.45, 2.75) is 85.5 Å². The van der Waals surface area contributed by atoms with Gasteiger partial charge in [0.1, 0.15) is 11.4 Å². The monoisotopic (exact) mass is 631 g/mol. The molecule has 0 unspecified atom stereocenters. The second-order valence-corrected chi connectivity index (χ2v) is 14.8. The van der Waals surface area contributed by atoms with Gasteiger partial charge in [-0.2, -0.15) is 25.5 Å². The summed E-state index contributed by atoms with van der Waals surface area (Å²) in [4.78, 5) is 15.7. The quantitative estimate of drug-likeness (QED) is 0.292. The van der Waals surface area contributed by atoms with Crippen LogP contribution in [-0.4, -0.2) is 58.4 Å². The van der Waals surface area contributed by atoms with E-state index in [0.29, 0.717) is 12.2 Å². The molecule has 0 fully saturated rings. The Hall–Kier alpha value is -4.35. The first-order chi connectivity index (χ1) is 21.1. The molecular weight excluding hydrogens is 578 g/mol. The fourth-order valence-corrected chi connectivity index (χ4v) is 4.60. The molecule has 0 radical (unpaired) electrons. The van der Waals surface area contributed by atoms with Crippen LogP contribution in [0.15, 0.2) is 46.5 Å². The Morgan fingerprint density at radius 2 is 1.22 bits per heavy atom. The molecule has 1 aliphatic rings. The molecule has 0 bridgehead atoms. The van der Waals surface area contributed by atoms with E-state index in [0.717, 1.165) is 40.0 Å². The lowest BCUT2D eigenvalue weighted by Gasteiger charge is -2.13. The van der Waals surface area contributed by atoms with Gasteiger partial charge in [0, 0.05) is 69.5 Å². The van der Waals surface area contributed by atoms with Crippen molar-refractivity contribution in [2.24, 2.45) is 38.4 Å². The maximum absolute atomic E-state index is 11.4. The number of aromatic nitrogens is 8. The van der Waals surface area contributed by atoms with Crippen LogP contribution < -0.4 is 5.32 Å². The van der Waals surface area contributed by atoms with Crippen molar-refractivity contribution in [1.29, 1.82) is 0 Å². The summed E-state index contributed by atoms with van der Waals surface area (Å²) in [7, 11) is 9.32. The van der Waals surface area contributed by atoms with E-state index >= 15 is 0 Å². The van der Waals surface area contributed by atoms with Gasteiger partial charge in [-0.15, -0.1) is 0 Å². The number of imidazole rings is 1. The molecule has 0 aromatic carbocycles. The van der Waals surface area contributed by atoms with E-state index in [1.165, 1.54) is 5.57 Å². The SMILES string of the molecule is CC1=C(c2cc(C(C)(C)C)nn2C)CN=N1.CNC(=O)c1cc(C(C)(C)C)nn1C.Cn1ccnc1-c1cc(C(C)(C)C)nn1C. The molecule has 0 spiro atoms. The molecule has 0 saturated carbocycles. The molecule has 4 aromatic heterocycles. The minimum absolute atomic E-state index is 0.0238. The van der Waals surface area contributed by atoms with Crippen LogP contribution in [0.5, 0.6) is 0 Å². The summed E-state index contributed by atoms with van der Waals surface area (Å²) in [6.45, 7) is 21.9. The zero-order chi connectivity index (χ0) is 34.8. The van der Waals surface area contributed by atoms with Crippen molar-refractivity contribution >= 4 is 11.5 Å². The summed E-state index contributed by atoms with van der Waals surface area (Å²) >= 11 is 0. The highest BCUT2D eigenvalue weighted by atomic mass is 16.1. The summed E-state index contributed by atoms with van der Waals surface area (Å²) in [5, 5.41) is 24.1. The number of rotatable bonds is 3. The number of carbonyl (C=O) groups excluding carboxylic acids is 1. The largest absolute Gasteiger partial charge is 0.354 e. The second kappa shape index (κ2) is 13.6. The van der Waals surface area contributed by atoms with Crippen LogP contribution in [0.4, 0.5) is 0 Å². The lowest BCUT2D eigenvalue weighted by atomic mass is 9.92. The molecule has 250 valence electrons. The van der Waals surface area contributed by atoms with E-state index in [1.807, 2.05) is 54.3 Å². The van der Waals surface area contributed by atoms with Gasteiger partial charge in [-0.25, -0.2) is 4.98 Å². The summed E-state index contributed by atoms with van der Waals surface area (Å²) in [6, 6.07) is 6.09. The van der Waals surface area contributed by atoms with Crippen molar-refractivity contribution in [1.82, 2.24) is 44.2 Å². The Morgan fingerprint density at radius 1 is 0.739 bits per heavy atom. The van der Waals surface area contributed by atoms with E-state index in [-0.39, 0.29) is 22.2 Å². The van der Waals surface area contributed by atoms with Crippen molar-refractivity contribution in [2.75, 3.05) is 13.6 Å². The third-order valence-corrected chi connectivity index (χ3v) is 7.65. The summed E-state index contributed by atoms with van der Waals surface area (Å²) in [5.41, 5.74) is 8.22. The Morgan fingerprint density at radius 3 is 1.61 bits per heavy atom. The fourth-order valence-electron chi connectivity index (χ4n) is 4.60. The van der Waals surface area contributed by atoms with Crippen molar-refractivity contribution < 1.29 is 4.79 Å². The van der Waals surface area contributed by atoms with Crippen LogP contribution in [-0.2, 0) is 44.4 Å². The molecule has 0 saturated heterocycles. The number of nitrogens with zero attached hydrogens (tertiary/aromatic N) is 10. The van der Waals surface area contributed by atoms with Gasteiger partial charge in [-0.1, -0.05) is 62.3 Å². The van der Waals surface area contributed by atoms with E-state index in [2.05, 4.69) is 110 Å². The topological polar surface area (TPSA) is 125 Å². The number of hydrogen-bond acceptors (Lipinski definition) is 7. The normalized spacial score (nSPS) is 13.4. The van der Waals surface area contributed by atoms with Crippen LogP contribution in [0.1, 0.15) is 103 Å². The highest BCUT2D eigenvalue weighted by Gasteiger charge is 2.23. The highest BCUT2D eigenvalue weighted by Crippen LogP contribution is 2.29. The number of nitrogens with one attached hydrogen (secondary N) is 1. The minimum atomic E-state index is -0.101. The van der Waals surface area contributed by atoms with Crippen LogP contribution in [0.25, 0.3) is 17.1 Å². The number of amides is 1. The third kappa shape index (κ3) is 8.46. The fraction of sp³-hybridized carbons (Fsp3) is 0.559. The maximum atomic E-state index is 11.4. The van der Waals surface area contributed by atoms with Crippen LogP contribution in [0.2, 0.25) is 0 Å². The molecule has 1 amide bonds. The first kappa shape index (κ1) is 36.1. The van der Waals surface area contributed by atoms with Crippen LogP contribution in [0, 0.1) is 0 Å². The lowest BCUT2D eigenvalue weighted by molar-refractivity contribution is 0.0953. The molecule has 12 heteroatoms. The molecular formula is C34H53N11O. The number of azo groups is 1. The summed E-state index contributed by atoms with van der Waals surface area (Å²) in [5.74, 6) is 0.848. The lowest BCUT2D eigenvalue weighted by Crippen LogP contribution is -2.20. The molecule has 0 atom stereocenters. The second-order valence-electron chi connectivity index (χ2n) is 14.8. The van der Waals surface area contributed by atoms with E-state index in [4.69, 9.17) is 0 Å². The van der Waals surface area contributed by atoms with Gasteiger partial charge in [-0.05, 0) is 25.1 Å². The number of allylic oxidation sites excluding steroid dienone is 1. The third-order valence-electron chi connectivity index (χ3n) is 7.65. The molecule has 5 heterocycles. The number of aryl methyl sites for hydroxylation is 4. The van der Waals surface area contributed by atoms with Gasteiger partial charge in [0.05, 0.1) is 35.0 Å². The van der Waals surface area contributed by atoms with E-state index in [1.54, 1.807) is 25.0 Å². The molecule has 0 aliphatic carbocycles. The number of hydrogen-bond donors (Lipinski definition) is 1. The predicted molar refractivity (Wildman–Crippen MR) is 184 cm³/mol.